The number of benzene rings is 2. The Hall–Kier alpha value is -1.47. The number of aromatic nitrogens is 1. The predicted molar refractivity (Wildman–Crippen MR) is 120 cm³/mol. The normalized spacial score (nSPS) is 10.1. The molecule has 0 spiro atoms. The number of para-hydroxylation sites is 1. The van der Waals surface area contributed by atoms with E-state index in [-0.39, 0.29) is 13.2 Å². The summed E-state index contributed by atoms with van der Waals surface area (Å²) in [5.74, 6) is 0. The van der Waals surface area contributed by atoms with Crippen molar-refractivity contribution >= 4 is 56.0 Å². The molecule has 2 N–H and O–H groups in total. The van der Waals surface area contributed by atoms with Crippen LogP contribution >= 0.6 is 39.5 Å². The van der Waals surface area contributed by atoms with E-state index in [4.69, 9.17) is 12.2 Å². The molecule has 4 nitrogen and oxygen atoms in total. The van der Waals surface area contributed by atoms with E-state index >= 15 is 0 Å². The summed E-state index contributed by atoms with van der Waals surface area (Å²) in [6, 6.07) is 25.3. The van der Waals surface area contributed by atoms with Crippen molar-refractivity contribution in [1.29, 1.82) is 0 Å². The molecule has 0 unspecified atom stereocenters. The summed E-state index contributed by atoms with van der Waals surface area (Å²) in [4.78, 5) is 4.38. The summed E-state index contributed by atoms with van der Waals surface area (Å²) < 4.78 is 0. The van der Waals surface area contributed by atoms with Crippen molar-refractivity contribution in [2.45, 2.75) is 0 Å². The van der Waals surface area contributed by atoms with Crippen LogP contribution in [0.25, 0.3) is 0 Å². The first-order valence-electron chi connectivity index (χ1n) is 8.03. The Balaban J connectivity index is 0.000000817. The number of halogens is 2. The minimum atomic E-state index is -0.250. The predicted octanol–water partition coefficient (Wildman–Crippen LogP) is 5.51. The zero-order valence-corrected chi connectivity index (χ0v) is 21.3. The molecule has 134 valence electrons. The van der Waals surface area contributed by atoms with Crippen molar-refractivity contribution in [2.24, 2.45) is 5.10 Å². The average molecular weight is 558 g/mol. The number of anilines is 1. The molecule has 0 bridgehead atoms. The second-order valence-corrected chi connectivity index (χ2v) is 19.6. The molecule has 0 amide bonds. The molecule has 0 saturated heterocycles. The average Bonchev–Trinajstić information content (AvgIpc) is 2.71. The van der Waals surface area contributed by atoms with Gasteiger partial charge in [0.25, 0.3) is 0 Å². The maximum absolute atomic E-state index is 5.30. The Labute approximate surface area is 185 Å². The third-order valence-corrected chi connectivity index (χ3v) is 3.45. The SMILES string of the molecule is S=C(NN=C(c1ccccc1)c1ccccn1)Nc1ccccc1.[Br][Zn][Br]. The van der Waals surface area contributed by atoms with Gasteiger partial charge in [-0.15, -0.1) is 0 Å². The van der Waals surface area contributed by atoms with Crippen LogP contribution < -0.4 is 10.7 Å². The van der Waals surface area contributed by atoms with Crippen LogP contribution in [0.5, 0.6) is 0 Å². The van der Waals surface area contributed by atoms with Crippen LogP contribution in [0.15, 0.2) is 90.2 Å². The zero-order valence-electron chi connectivity index (χ0n) is 14.3. The first kappa shape index (κ1) is 21.8. The molecule has 0 fully saturated rings. The summed E-state index contributed by atoms with van der Waals surface area (Å²) in [7, 11) is 0. The van der Waals surface area contributed by atoms with Gasteiger partial charge < -0.3 is 5.32 Å². The van der Waals surface area contributed by atoms with Crippen molar-refractivity contribution < 1.29 is 13.2 Å². The van der Waals surface area contributed by atoms with Gasteiger partial charge in [-0.05, 0) is 36.5 Å². The first-order chi connectivity index (χ1) is 13.2. The maximum atomic E-state index is 5.30. The number of pyridine rings is 1. The van der Waals surface area contributed by atoms with Gasteiger partial charge in [0.1, 0.15) is 5.71 Å². The number of rotatable bonds is 4. The molecule has 3 rings (SSSR count). The van der Waals surface area contributed by atoms with Crippen LogP contribution in [0.1, 0.15) is 11.3 Å². The van der Waals surface area contributed by atoms with Gasteiger partial charge in [-0.1, -0.05) is 54.6 Å². The Morgan fingerprint density at radius 2 is 1.48 bits per heavy atom. The van der Waals surface area contributed by atoms with E-state index in [1.807, 2.05) is 78.9 Å². The monoisotopic (exact) mass is 554 g/mol. The Bertz CT molecular complexity index is 808. The van der Waals surface area contributed by atoms with E-state index < -0.39 is 0 Å². The molecule has 27 heavy (non-hydrogen) atoms. The third kappa shape index (κ3) is 7.97. The Kier molecular flexibility index (Phi) is 10.4. The fourth-order valence-corrected chi connectivity index (χ4v) is 2.32. The summed E-state index contributed by atoms with van der Waals surface area (Å²) in [6.45, 7) is 0. The van der Waals surface area contributed by atoms with Gasteiger partial charge in [-0.3, -0.25) is 10.4 Å². The molecular formula is C19H16Br2N4SZn. The van der Waals surface area contributed by atoms with Crippen molar-refractivity contribution in [3.63, 3.8) is 0 Å². The van der Waals surface area contributed by atoms with Crippen molar-refractivity contribution in [3.8, 4) is 0 Å². The standard InChI is InChI=1S/C19H16N4S.2BrH.Zn/c24-19(21-16-11-5-2-6-12-16)23-22-18(15-9-3-1-4-10-15)17-13-7-8-14-20-17;;;/h1-14H,(H2,21,23,24);2*1H;/q;;;+2/p-2. The number of hydrogen-bond donors (Lipinski definition) is 2. The van der Waals surface area contributed by atoms with Crippen LogP contribution in [0.4, 0.5) is 5.69 Å². The molecule has 2 aromatic carbocycles. The molecule has 0 aliphatic heterocycles. The molecule has 3 aromatic rings. The van der Waals surface area contributed by atoms with Crippen LogP contribution in [0.2, 0.25) is 0 Å². The van der Waals surface area contributed by atoms with Crippen LogP contribution in [0.3, 0.4) is 0 Å². The molecular weight excluding hydrogens is 542 g/mol. The Morgan fingerprint density at radius 3 is 2.07 bits per heavy atom. The van der Waals surface area contributed by atoms with E-state index in [1.54, 1.807) is 6.20 Å². The van der Waals surface area contributed by atoms with E-state index in [1.165, 1.54) is 0 Å². The quantitative estimate of drug-likeness (QED) is 0.192. The van der Waals surface area contributed by atoms with Crippen molar-refractivity contribution in [3.05, 3.63) is 96.3 Å². The summed E-state index contributed by atoms with van der Waals surface area (Å²) in [6.07, 6.45) is 1.74. The molecule has 0 saturated carbocycles. The molecule has 0 radical (unpaired) electrons. The van der Waals surface area contributed by atoms with Gasteiger partial charge in [-0.25, -0.2) is 0 Å². The van der Waals surface area contributed by atoms with Crippen LogP contribution in [0, 0.1) is 0 Å². The molecule has 0 atom stereocenters. The summed E-state index contributed by atoms with van der Waals surface area (Å²) >= 11 is 11.6. The number of nitrogens with one attached hydrogen (secondary N) is 2. The topological polar surface area (TPSA) is 49.3 Å². The van der Waals surface area contributed by atoms with Gasteiger partial charge in [0.2, 0.25) is 0 Å². The zero-order chi connectivity index (χ0) is 19.3. The van der Waals surface area contributed by atoms with Crippen molar-refractivity contribution in [2.75, 3.05) is 5.32 Å². The fraction of sp³-hybridized carbons (Fsp3) is 0. The van der Waals surface area contributed by atoms with E-state index in [9.17, 15) is 0 Å². The fourth-order valence-electron chi connectivity index (χ4n) is 2.16. The van der Waals surface area contributed by atoms with E-state index in [2.05, 4.69) is 48.1 Å². The van der Waals surface area contributed by atoms with E-state index in [0.717, 1.165) is 22.7 Å². The molecule has 8 heteroatoms. The van der Waals surface area contributed by atoms with Crippen molar-refractivity contribution in [1.82, 2.24) is 10.4 Å². The second-order valence-electron chi connectivity index (χ2n) is 5.07. The van der Waals surface area contributed by atoms with Gasteiger partial charge in [0.15, 0.2) is 5.11 Å². The first-order valence-corrected chi connectivity index (χ1v) is 22.3. The number of hydrazone groups is 1. The summed E-state index contributed by atoms with van der Waals surface area (Å²) in [5.41, 5.74) is 6.27. The number of hydrogen-bond acceptors (Lipinski definition) is 3. The van der Waals surface area contributed by atoms with Gasteiger partial charge in [0, 0.05) is 17.4 Å². The van der Waals surface area contributed by atoms with Crippen LogP contribution in [-0.2, 0) is 13.2 Å². The van der Waals surface area contributed by atoms with Gasteiger partial charge in [-0.2, -0.15) is 5.10 Å². The second kappa shape index (κ2) is 12.8. The number of thiocarbonyl (C=S) groups is 1. The van der Waals surface area contributed by atoms with E-state index in [0.29, 0.717) is 5.11 Å². The molecule has 0 aliphatic carbocycles. The van der Waals surface area contributed by atoms with Gasteiger partial charge >= 0.3 is 40.5 Å². The van der Waals surface area contributed by atoms with Crippen LogP contribution in [-0.4, -0.2) is 15.8 Å². The molecule has 0 aliphatic rings. The third-order valence-electron chi connectivity index (χ3n) is 3.26. The minimum absolute atomic E-state index is 0.250. The molecule has 1 aromatic heterocycles. The Morgan fingerprint density at radius 1 is 0.889 bits per heavy atom. The molecule has 1 heterocycles. The number of nitrogens with zero attached hydrogens (tertiary/aromatic N) is 2. The summed E-state index contributed by atoms with van der Waals surface area (Å²) in [5, 5.41) is 7.98. The van der Waals surface area contributed by atoms with Gasteiger partial charge in [0.05, 0.1) is 5.69 Å².